The van der Waals surface area contributed by atoms with E-state index in [1.807, 2.05) is 0 Å². The van der Waals surface area contributed by atoms with Gasteiger partial charge in [-0.15, -0.1) is 0 Å². The van der Waals surface area contributed by atoms with Gasteiger partial charge in [-0.2, -0.15) is 0 Å². The molecule has 0 radical (unpaired) electrons. The van der Waals surface area contributed by atoms with Gasteiger partial charge < -0.3 is 11.1 Å². The van der Waals surface area contributed by atoms with Gasteiger partial charge in [-0.25, -0.2) is 0 Å². The van der Waals surface area contributed by atoms with E-state index in [0.717, 1.165) is 0 Å². The van der Waals surface area contributed by atoms with Crippen LogP contribution >= 0.6 is 0 Å². The molecule has 0 unspecified atom stereocenters. The van der Waals surface area contributed by atoms with Crippen molar-refractivity contribution in [1.29, 1.82) is 0 Å². The quantitative estimate of drug-likeness (QED) is 0.484. The van der Waals surface area contributed by atoms with E-state index in [2.05, 4.69) is 5.32 Å². The second-order valence-electron chi connectivity index (χ2n) is 3.84. The number of nitrogens with two attached hydrogens (primary N) is 1. The van der Waals surface area contributed by atoms with Crippen LogP contribution in [0.1, 0.15) is 32.1 Å². The molecule has 0 aromatic rings. The zero-order chi connectivity index (χ0) is 7.03. The topological polar surface area (TPSA) is 48.0 Å². The summed E-state index contributed by atoms with van der Waals surface area (Å²) in [5.74, 6) is 0. The SMILES string of the molecule is N[C@@H]1CCCC[C@]2(CN2)C1. The molecule has 1 heterocycles. The van der Waals surface area contributed by atoms with Crippen LogP contribution in [0.5, 0.6) is 0 Å². The van der Waals surface area contributed by atoms with Gasteiger partial charge in [0.1, 0.15) is 0 Å². The van der Waals surface area contributed by atoms with Gasteiger partial charge in [0.2, 0.25) is 0 Å². The first kappa shape index (κ1) is 6.62. The first-order valence-electron chi connectivity index (χ1n) is 4.31. The molecule has 0 bridgehead atoms. The van der Waals surface area contributed by atoms with Crippen molar-refractivity contribution in [1.82, 2.24) is 5.32 Å². The van der Waals surface area contributed by atoms with Crippen molar-refractivity contribution < 1.29 is 0 Å². The van der Waals surface area contributed by atoms with Crippen LogP contribution in [-0.4, -0.2) is 18.1 Å². The van der Waals surface area contributed by atoms with Gasteiger partial charge in [-0.1, -0.05) is 12.8 Å². The van der Waals surface area contributed by atoms with Crippen molar-refractivity contribution in [3.05, 3.63) is 0 Å². The van der Waals surface area contributed by atoms with E-state index >= 15 is 0 Å². The molecular weight excluding hydrogens is 124 g/mol. The summed E-state index contributed by atoms with van der Waals surface area (Å²) < 4.78 is 0. The third-order valence-corrected chi connectivity index (χ3v) is 2.81. The third kappa shape index (κ3) is 1.18. The summed E-state index contributed by atoms with van der Waals surface area (Å²) in [6.07, 6.45) is 6.53. The van der Waals surface area contributed by atoms with Crippen molar-refractivity contribution in [2.24, 2.45) is 5.73 Å². The highest BCUT2D eigenvalue weighted by molar-refractivity contribution is 5.06. The fraction of sp³-hybridized carbons (Fsp3) is 1.00. The number of nitrogens with one attached hydrogen (secondary N) is 1. The van der Waals surface area contributed by atoms with E-state index in [1.54, 1.807) is 0 Å². The van der Waals surface area contributed by atoms with E-state index in [1.165, 1.54) is 38.6 Å². The Kier molecular flexibility index (Phi) is 1.46. The lowest BCUT2D eigenvalue weighted by Crippen LogP contribution is -2.27. The Balaban J connectivity index is 1.96. The Labute approximate surface area is 62.2 Å². The summed E-state index contributed by atoms with van der Waals surface area (Å²) >= 11 is 0. The van der Waals surface area contributed by atoms with Crippen LogP contribution in [0.15, 0.2) is 0 Å². The van der Waals surface area contributed by atoms with Crippen molar-refractivity contribution in [3.63, 3.8) is 0 Å². The third-order valence-electron chi connectivity index (χ3n) is 2.81. The van der Waals surface area contributed by atoms with Gasteiger partial charge in [-0.3, -0.25) is 0 Å². The van der Waals surface area contributed by atoms with Crippen LogP contribution < -0.4 is 11.1 Å². The Morgan fingerprint density at radius 2 is 2.20 bits per heavy atom. The fourth-order valence-corrected chi connectivity index (χ4v) is 2.02. The van der Waals surface area contributed by atoms with Gasteiger partial charge in [0.05, 0.1) is 0 Å². The molecule has 2 nitrogen and oxygen atoms in total. The molecule has 1 aliphatic heterocycles. The van der Waals surface area contributed by atoms with Crippen LogP contribution in [-0.2, 0) is 0 Å². The molecule has 0 aromatic heterocycles. The summed E-state index contributed by atoms with van der Waals surface area (Å²) in [7, 11) is 0. The summed E-state index contributed by atoms with van der Waals surface area (Å²) in [4.78, 5) is 0. The average Bonchev–Trinajstić information content (AvgIpc) is 2.64. The molecule has 10 heavy (non-hydrogen) atoms. The summed E-state index contributed by atoms with van der Waals surface area (Å²) in [6.45, 7) is 1.22. The summed E-state index contributed by atoms with van der Waals surface area (Å²) in [6, 6.07) is 0.470. The standard InChI is InChI=1S/C8H16N2/c9-7-3-1-2-4-8(5-7)6-10-8/h7,10H,1-6,9H2/t7-,8-/m1/s1. The summed E-state index contributed by atoms with van der Waals surface area (Å²) in [5.41, 5.74) is 6.42. The van der Waals surface area contributed by atoms with Crippen molar-refractivity contribution >= 4 is 0 Å². The minimum Gasteiger partial charge on any atom is -0.328 e. The lowest BCUT2D eigenvalue weighted by atomic mass is 9.99. The van der Waals surface area contributed by atoms with Crippen molar-refractivity contribution in [3.8, 4) is 0 Å². The molecule has 3 N–H and O–H groups in total. The highest BCUT2D eigenvalue weighted by atomic mass is 15.2. The van der Waals surface area contributed by atoms with Crippen LogP contribution in [0, 0.1) is 0 Å². The van der Waals surface area contributed by atoms with E-state index in [4.69, 9.17) is 5.73 Å². The molecule has 2 heteroatoms. The van der Waals surface area contributed by atoms with Crippen LogP contribution in [0.2, 0.25) is 0 Å². The Bertz CT molecular complexity index is 129. The van der Waals surface area contributed by atoms with Crippen LogP contribution in [0.4, 0.5) is 0 Å². The van der Waals surface area contributed by atoms with E-state index in [9.17, 15) is 0 Å². The van der Waals surface area contributed by atoms with Gasteiger partial charge in [0.25, 0.3) is 0 Å². The van der Waals surface area contributed by atoms with Crippen molar-refractivity contribution in [2.45, 2.75) is 43.7 Å². The largest absolute Gasteiger partial charge is 0.328 e. The molecule has 58 valence electrons. The second-order valence-corrected chi connectivity index (χ2v) is 3.84. The zero-order valence-corrected chi connectivity index (χ0v) is 6.40. The van der Waals surface area contributed by atoms with E-state index < -0.39 is 0 Å². The molecule has 0 amide bonds. The highest BCUT2D eigenvalue weighted by Crippen LogP contribution is 2.33. The lowest BCUT2D eigenvalue weighted by molar-refractivity contribution is 0.499. The minimum atomic E-state index is 0.470. The molecular formula is C8H16N2. The minimum absolute atomic E-state index is 0.470. The Morgan fingerprint density at radius 3 is 2.90 bits per heavy atom. The van der Waals surface area contributed by atoms with Gasteiger partial charge in [-0.05, 0) is 19.3 Å². The fourth-order valence-electron chi connectivity index (χ4n) is 2.02. The number of hydrogen-bond donors (Lipinski definition) is 2. The molecule has 2 atom stereocenters. The van der Waals surface area contributed by atoms with Gasteiger partial charge in [0.15, 0.2) is 0 Å². The predicted molar refractivity (Wildman–Crippen MR) is 41.8 cm³/mol. The lowest BCUT2D eigenvalue weighted by Gasteiger charge is -2.12. The Morgan fingerprint density at radius 1 is 1.40 bits per heavy atom. The maximum absolute atomic E-state index is 5.91. The smallest absolute Gasteiger partial charge is 0.0321 e. The zero-order valence-electron chi connectivity index (χ0n) is 6.40. The first-order chi connectivity index (χ1) is 4.81. The molecule has 2 fully saturated rings. The predicted octanol–water partition coefficient (Wildman–Crippen LogP) is 0.620. The molecule has 2 aliphatic rings. The number of hydrogen-bond acceptors (Lipinski definition) is 2. The Hall–Kier alpha value is -0.0800. The maximum Gasteiger partial charge on any atom is 0.0321 e. The van der Waals surface area contributed by atoms with E-state index in [-0.39, 0.29) is 0 Å². The molecule has 1 saturated heterocycles. The summed E-state index contributed by atoms with van der Waals surface area (Å²) in [5, 5.41) is 3.44. The molecule has 2 rings (SSSR count). The van der Waals surface area contributed by atoms with Crippen LogP contribution in [0.3, 0.4) is 0 Å². The maximum atomic E-state index is 5.91. The average molecular weight is 140 g/mol. The van der Waals surface area contributed by atoms with Gasteiger partial charge >= 0.3 is 0 Å². The van der Waals surface area contributed by atoms with Crippen LogP contribution in [0.25, 0.3) is 0 Å². The number of rotatable bonds is 0. The van der Waals surface area contributed by atoms with Gasteiger partial charge in [0, 0.05) is 18.1 Å². The van der Waals surface area contributed by atoms with Crippen molar-refractivity contribution in [2.75, 3.05) is 6.54 Å². The highest BCUT2D eigenvalue weighted by Gasteiger charge is 2.43. The normalized spacial score (nSPS) is 47.1. The molecule has 0 aromatic carbocycles. The molecule has 1 aliphatic carbocycles. The van der Waals surface area contributed by atoms with E-state index in [0.29, 0.717) is 11.6 Å². The monoisotopic (exact) mass is 140 g/mol. The second kappa shape index (κ2) is 2.21. The first-order valence-corrected chi connectivity index (χ1v) is 4.31. The molecule has 1 saturated carbocycles. The molecule has 1 spiro atoms.